The van der Waals surface area contributed by atoms with Gasteiger partial charge in [-0.05, 0) is 47.9 Å². The second kappa shape index (κ2) is 8.05. The molecule has 1 N–H and O–H groups in total. The van der Waals surface area contributed by atoms with Crippen LogP contribution in [0, 0.1) is 6.92 Å². The minimum absolute atomic E-state index is 0.0440. The lowest BCUT2D eigenvalue weighted by atomic mass is 10.1. The summed E-state index contributed by atoms with van der Waals surface area (Å²) in [4.78, 5) is 30.7. The van der Waals surface area contributed by atoms with Gasteiger partial charge in [-0.15, -0.1) is 0 Å². The molecular formula is C21H19ClN4O3. The van der Waals surface area contributed by atoms with Crippen LogP contribution < -0.4 is 10.2 Å². The number of benzene rings is 2. The van der Waals surface area contributed by atoms with Gasteiger partial charge in [-0.25, -0.2) is 0 Å². The van der Waals surface area contributed by atoms with Gasteiger partial charge in [0.2, 0.25) is 23.5 Å². The molecule has 0 saturated carbocycles. The molecule has 0 aliphatic carbocycles. The highest BCUT2D eigenvalue weighted by Gasteiger charge is 2.25. The molecule has 2 heterocycles. The topological polar surface area (TPSA) is 88.3 Å². The highest BCUT2D eigenvalue weighted by atomic mass is 35.5. The zero-order valence-corrected chi connectivity index (χ0v) is 16.6. The van der Waals surface area contributed by atoms with Gasteiger partial charge in [0.25, 0.3) is 0 Å². The number of hydrogen-bond donors (Lipinski definition) is 1. The summed E-state index contributed by atoms with van der Waals surface area (Å²) in [6.07, 6.45) is 0.943. The van der Waals surface area contributed by atoms with Crippen molar-refractivity contribution in [1.29, 1.82) is 0 Å². The van der Waals surface area contributed by atoms with Gasteiger partial charge < -0.3 is 14.7 Å². The number of amides is 2. The first-order valence-corrected chi connectivity index (χ1v) is 9.62. The lowest BCUT2D eigenvalue weighted by Crippen LogP contribution is -2.39. The highest BCUT2D eigenvalue weighted by molar-refractivity contribution is 6.30. The Morgan fingerprint density at radius 2 is 2.00 bits per heavy atom. The van der Waals surface area contributed by atoms with Crippen LogP contribution in [0.2, 0.25) is 5.02 Å². The van der Waals surface area contributed by atoms with E-state index in [4.69, 9.17) is 16.1 Å². The second-order valence-corrected chi connectivity index (χ2v) is 7.29. The summed E-state index contributed by atoms with van der Waals surface area (Å²) >= 11 is 5.85. The number of nitrogens with zero attached hydrogens (tertiary/aromatic N) is 3. The normalized spacial score (nSPS) is 12.7. The van der Waals surface area contributed by atoms with Crippen LogP contribution in [0.25, 0.3) is 11.4 Å². The molecule has 3 aromatic rings. The highest BCUT2D eigenvalue weighted by Crippen LogP contribution is 2.31. The van der Waals surface area contributed by atoms with E-state index in [1.807, 2.05) is 18.2 Å². The molecule has 4 rings (SSSR count). The van der Waals surface area contributed by atoms with Gasteiger partial charge in [0, 0.05) is 29.7 Å². The molecule has 0 unspecified atom stereocenters. The molecule has 1 aliphatic heterocycles. The number of nitrogens with one attached hydrogen (secondary N) is 1. The van der Waals surface area contributed by atoms with Crippen LogP contribution in [0.3, 0.4) is 0 Å². The fourth-order valence-electron chi connectivity index (χ4n) is 3.34. The number of rotatable bonds is 5. The van der Waals surface area contributed by atoms with E-state index in [0.29, 0.717) is 23.3 Å². The van der Waals surface area contributed by atoms with E-state index in [2.05, 4.69) is 15.5 Å². The third kappa shape index (κ3) is 4.30. The fraction of sp³-hybridized carbons (Fsp3) is 0.238. The number of carbonyl (C=O) groups excluding carboxylic acids is 2. The van der Waals surface area contributed by atoms with Crippen molar-refractivity contribution in [2.75, 3.05) is 18.0 Å². The molecule has 2 aromatic carbocycles. The second-order valence-electron chi connectivity index (χ2n) is 6.86. The van der Waals surface area contributed by atoms with Crippen LogP contribution in [-0.2, 0) is 22.4 Å². The zero-order chi connectivity index (χ0) is 20.4. The van der Waals surface area contributed by atoms with Crippen molar-refractivity contribution in [3.05, 3.63) is 64.5 Å². The Morgan fingerprint density at radius 3 is 2.72 bits per heavy atom. The van der Waals surface area contributed by atoms with Crippen molar-refractivity contribution in [1.82, 2.24) is 15.5 Å². The van der Waals surface area contributed by atoms with Crippen LogP contribution in [0.15, 0.2) is 47.0 Å². The maximum Gasteiger partial charge on any atom is 0.246 e. The van der Waals surface area contributed by atoms with E-state index >= 15 is 0 Å². The van der Waals surface area contributed by atoms with Gasteiger partial charge in [-0.2, -0.15) is 4.98 Å². The van der Waals surface area contributed by atoms with Crippen molar-refractivity contribution in [2.24, 2.45) is 0 Å². The van der Waals surface area contributed by atoms with Gasteiger partial charge in [0.05, 0.1) is 13.0 Å². The molecule has 0 atom stereocenters. The van der Waals surface area contributed by atoms with Crippen LogP contribution >= 0.6 is 11.6 Å². The molecule has 0 bridgehead atoms. The van der Waals surface area contributed by atoms with E-state index in [9.17, 15) is 9.59 Å². The SMILES string of the molecule is Cc1nc(-c2ccc3c(c2)CCN3C(=O)CNC(=O)Cc2ccc(Cl)cc2)no1. The minimum Gasteiger partial charge on any atom is -0.347 e. The molecule has 29 heavy (non-hydrogen) atoms. The third-order valence-corrected chi connectivity index (χ3v) is 5.03. The summed E-state index contributed by atoms with van der Waals surface area (Å²) in [5.74, 6) is 0.690. The fourth-order valence-corrected chi connectivity index (χ4v) is 3.46. The van der Waals surface area contributed by atoms with Gasteiger partial charge in [0.15, 0.2) is 0 Å². The monoisotopic (exact) mass is 410 g/mol. The largest absolute Gasteiger partial charge is 0.347 e. The van der Waals surface area contributed by atoms with Gasteiger partial charge in [-0.1, -0.05) is 28.9 Å². The smallest absolute Gasteiger partial charge is 0.246 e. The predicted molar refractivity (Wildman–Crippen MR) is 109 cm³/mol. The average molecular weight is 411 g/mol. The van der Waals surface area contributed by atoms with Crippen molar-refractivity contribution in [3.8, 4) is 11.4 Å². The Labute approximate surface area is 172 Å². The molecule has 1 aromatic heterocycles. The molecule has 0 spiro atoms. The first-order chi connectivity index (χ1) is 14.0. The number of halogens is 1. The van der Waals surface area contributed by atoms with Crippen LogP contribution in [0.4, 0.5) is 5.69 Å². The molecule has 1 aliphatic rings. The first-order valence-electron chi connectivity index (χ1n) is 9.25. The Morgan fingerprint density at radius 1 is 1.21 bits per heavy atom. The molecular weight excluding hydrogens is 392 g/mol. The maximum absolute atomic E-state index is 12.6. The van der Waals surface area contributed by atoms with Crippen molar-refractivity contribution >= 4 is 29.1 Å². The van der Waals surface area contributed by atoms with Crippen molar-refractivity contribution in [3.63, 3.8) is 0 Å². The minimum atomic E-state index is -0.206. The van der Waals surface area contributed by atoms with Crippen molar-refractivity contribution < 1.29 is 14.1 Å². The number of aromatic nitrogens is 2. The third-order valence-electron chi connectivity index (χ3n) is 4.78. The van der Waals surface area contributed by atoms with Gasteiger partial charge in [0.1, 0.15) is 0 Å². The number of carbonyl (C=O) groups is 2. The van der Waals surface area contributed by atoms with E-state index < -0.39 is 0 Å². The Bertz CT molecular complexity index is 1060. The van der Waals surface area contributed by atoms with E-state index in [1.54, 1.807) is 36.1 Å². The summed E-state index contributed by atoms with van der Waals surface area (Å²) in [6.45, 7) is 2.28. The maximum atomic E-state index is 12.6. The lowest BCUT2D eigenvalue weighted by molar-refractivity contribution is -0.124. The van der Waals surface area contributed by atoms with Crippen LogP contribution in [-0.4, -0.2) is 35.0 Å². The van der Waals surface area contributed by atoms with E-state index in [0.717, 1.165) is 28.8 Å². The first kappa shape index (κ1) is 19.1. The Kier molecular flexibility index (Phi) is 5.31. The summed E-state index contributed by atoms with van der Waals surface area (Å²) in [6, 6.07) is 12.8. The van der Waals surface area contributed by atoms with Crippen molar-refractivity contribution in [2.45, 2.75) is 19.8 Å². The van der Waals surface area contributed by atoms with Gasteiger partial charge in [-0.3, -0.25) is 9.59 Å². The molecule has 0 saturated heterocycles. The molecule has 0 fully saturated rings. The Balaban J connectivity index is 1.37. The lowest BCUT2D eigenvalue weighted by Gasteiger charge is -2.18. The van der Waals surface area contributed by atoms with Crippen LogP contribution in [0.1, 0.15) is 17.0 Å². The number of hydrogen-bond acceptors (Lipinski definition) is 5. The molecule has 148 valence electrons. The predicted octanol–water partition coefficient (Wildman–Crippen LogP) is 2.95. The summed E-state index contributed by atoms with van der Waals surface area (Å²) in [7, 11) is 0. The van der Waals surface area contributed by atoms with Crippen LogP contribution in [0.5, 0.6) is 0 Å². The quantitative estimate of drug-likeness (QED) is 0.698. The molecule has 7 nitrogen and oxygen atoms in total. The van der Waals surface area contributed by atoms with Gasteiger partial charge >= 0.3 is 0 Å². The average Bonchev–Trinajstić information content (AvgIpc) is 3.33. The van der Waals surface area contributed by atoms with E-state index in [1.165, 1.54) is 0 Å². The zero-order valence-electron chi connectivity index (χ0n) is 15.8. The molecule has 8 heteroatoms. The van der Waals surface area contributed by atoms with E-state index in [-0.39, 0.29) is 24.8 Å². The molecule has 2 amide bonds. The standard InChI is InChI=1S/C21H19ClN4O3/c1-13-24-21(25-29-13)16-4-7-18-15(11-16)8-9-26(18)20(28)12-23-19(27)10-14-2-5-17(22)6-3-14/h2-7,11H,8-10,12H2,1H3,(H,23,27). The summed E-state index contributed by atoms with van der Waals surface area (Å²) in [5, 5.41) is 7.25. The molecule has 0 radical (unpaired) electrons. The number of anilines is 1. The summed E-state index contributed by atoms with van der Waals surface area (Å²) < 4.78 is 5.03. The number of aryl methyl sites for hydroxylation is 1. The number of fused-ring (bicyclic) bond motifs is 1. The Hall–Kier alpha value is -3.19. The summed E-state index contributed by atoms with van der Waals surface area (Å²) in [5.41, 5.74) is 3.60.